The molecular weight excluding hydrogens is 664 g/mol. The molecule has 2 aliphatic carbocycles. The molecule has 0 bridgehead atoms. The van der Waals surface area contributed by atoms with Gasteiger partial charge in [-0.2, -0.15) is 0 Å². The van der Waals surface area contributed by atoms with Crippen LogP contribution in [0, 0.1) is 0 Å². The first-order valence-corrected chi connectivity index (χ1v) is 17.9. The van der Waals surface area contributed by atoms with Crippen LogP contribution < -0.4 is 0 Å². The topological polar surface area (TPSA) is 179 Å². The second kappa shape index (κ2) is 27.2. The molecule has 0 radical (unpaired) electrons. The van der Waals surface area contributed by atoms with Crippen molar-refractivity contribution in [2.75, 3.05) is 106 Å². The van der Waals surface area contributed by atoms with Crippen LogP contribution in [0.5, 0.6) is 0 Å². The first-order chi connectivity index (χ1) is 24.5. The molecule has 16 nitrogen and oxygen atoms in total. The van der Waals surface area contributed by atoms with Crippen molar-refractivity contribution < 1.29 is 76.0 Å². The van der Waals surface area contributed by atoms with Crippen molar-refractivity contribution in [3.8, 4) is 0 Å². The van der Waals surface area contributed by atoms with Gasteiger partial charge in [-0.1, -0.05) is 25.7 Å². The van der Waals surface area contributed by atoms with Crippen molar-refractivity contribution in [1.29, 1.82) is 0 Å². The van der Waals surface area contributed by atoms with Gasteiger partial charge in [0, 0.05) is 0 Å². The summed E-state index contributed by atoms with van der Waals surface area (Å²) in [5.41, 5.74) is 0. The highest BCUT2D eigenvalue weighted by Gasteiger charge is 2.27. The van der Waals surface area contributed by atoms with Gasteiger partial charge in [0.2, 0.25) is 0 Å². The minimum atomic E-state index is -0.688. The number of cyclic esters (lactones) is 4. The highest BCUT2D eigenvalue weighted by molar-refractivity contribution is 5.91. The van der Waals surface area contributed by atoms with Gasteiger partial charge in [0.25, 0.3) is 0 Å². The van der Waals surface area contributed by atoms with E-state index in [1.54, 1.807) is 0 Å². The zero-order valence-electron chi connectivity index (χ0n) is 29.2. The fraction of sp³-hybridized carbons (Fsp3) is 0.882. The Hall–Kier alpha value is -2.44. The number of hydrogen-bond acceptors (Lipinski definition) is 16. The Morgan fingerprint density at radius 2 is 0.520 bits per heavy atom. The summed E-state index contributed by atoms with van der Waals surface area (Å²) in [6, 6.07) is 0. The SMILES string of the molecule is O=C1CC(=O)OCCOCCO[C@@H]2CCCC[C@H]2OCCOCCOC(=O)CC(=O)OCCOCCO[C@@H]2CCCC[C@H]2OCCOCCO1. The third kappa shape index (κ3) is 19.8. The standard InChI is InChI=1S/C34H56O16/c35-31-25-33(37)49-23-15-41-11-19-45-29-7-3-4-8-30(29)46-20-12-42-16-24-50-34(38)26-32(36)48-22-14-40-10-18-44-28-6-2-1-5-27(28)43-17-9-39-13-21-47-31/h27-30H,1-26H2/t27-,28-,29-,30-/m1/s1. The summed E-state index contributed by atoms with van der Waals surface area (Å²) in [7, 11) is 0. The lowest BCUT2D eigenvalue weighted by Crippen LogP contribution is -2.36. The second-order valence-corrected chi connectivity index (χ2v) is 11.9. The van der Waals surface area contributed by atoms with Crippen molar-refractivity contribution in [3.63, 3.8) is 0 Å². The van der Waals surface area contributed by atoms with E-state index < -0.39 is 36.7 Å². The molecule has 0 aromatic carbocycles. The molecule has 0 aromatic rings. The molecule has 3 rings (SSSR count). The number of ether oxygens (including phenoxy) is 12. The highest BCUT2D eigenvalue weighted by Crippen LogP contribution is 2.25. The van der Waals surface area contributed by atoms with Crippen LogP contribution in [0.15, 0.2) is 0 Å². The van der Waals surface area contributed by atoms with Crippen molar-refractivity contribution in [2.45, 2.75) is 88.6 Å². The lowest BCUT2D eigenvalue weighted by Gasteiger charge is -2.31. The summed E-state index contributed by atoms with van der Waals surface area (Å²) in [5, 5.41) is 0. The largest absolute Gasteiger partial charge is 0.463 e. The van der Waals surface area contributed by atoms with Gasteiger partial charge in [-0.05, 0) is 25.7 Å². The molecule has 1 saturated heterocycles. The number of carbonyl (C=O) groups excluding carboxylic acids is 4. The highest BCUT2D eigenvalue weighted by atomic mass is 16.6. The summed E-state index contributed by atoms with van der Waals surface area (Å²) in [5.74, 6) is -2.75. The molecule has 0 unspecified atom stereocenters. The second-order valence-electron chi connectivity index (χ2n) is 11.9. The summed E-state index contributed by atoms with van der Waals surface area (Å²) in [4.78, 5) is 47.7. The van der Waals surface area contributed by atoms with E-state index in [9.17, 15) is 19.2 Å². The van der Waals surface area contributed by atoms with Crippen LogP contribution in [0.2, 0.25) is 0 Å². The summed E-state index contributed by atoms with van der Waals surface area (Å²) < 4.78 is 66.1. The van der Waals surface area contributed by atoms with Crippen molar-refractivity contribution >= 4 is 23.9 Å². The Labute approximate surface area is 294 Å². The molecule has 0 spiro atoms. The molecule has 1 aliphatic heterocycles. The van der Waals surface area contributed by atoms with E-state index in [-0.39, 0.29) is 77.3 Å². The zero-order chi connectivity index (χ0) is 35.5. The number of fused-ring (bicyclic) bond motifs is 2. The Kier molecular flexibility index (Phi) is 22.9. The fourth-order valence-electron chi connectivity index (χ4n) is 5.63. The predicted molar refractivity (Wildman–Crippen MR) is 172 cm³/mol. The summed E-state index contributed by atoms with van der Waals surface area (Å²) in [6.45, 7) is 3.42. The zero-order valence-corrected chi connectivity index (χ0v) is 29.2. The molecule has 1 heterocycles. The average Bonchev–Trinajstić information content (AvgIpc) is 3.10. The van der Waals surface area contributed by atoms with Crippen molar-refractivity contribution in [2.24, 2.45) is 0 Å². The minimum Gasteiger partial charge on any atom is -0.463 e. The van der Waals surface area contributed by atoms with E-state index in [0.29, 0.717) is 52.9 Å². The molecule has 3 aliphatic rings. The van der Waals surface area contributed by atoms with Gasteiger partial charge in [-0.3, -0.25) is 19.2 Å². The van der Waals surface area contributed by atoms with Crippen LogP contribution in [0.4, 0.5) is 0 Å². The normalized spacial score (nSPS) is 29.3. The maximum Gasteiger partial charge on any atom is 0.317 e. The third-order valence-corrected chi connectivity index (χ3v) is 8.06. The maximum absolute atomic E-state index is 11.9. The number of carbonyl (C=O) groups is 4. The molecule has 288 valence electrons. The smallest absolute Gasteiger partial charge is 0.317 e. The van der Waals surface area contributed by atoms with Crippen LogP contribution in [0.3, 0.4) is 0 Å². The van der Waals surface area contributed by atoms with Gasteiger partial charge in [-0.25, -0.2) is 0 Å². The quantitative estimate of drug-likeness (QED) is 0.200. The van der Waals surface area contributed by atoms with Gasteiger partial charge >= 0.3 is 23.9 Å². The van der Waals surface area contributed by atoms with Crippen molar-refractivity contribution in [3.05, 3.63) is 0 Å². The van der Waals surface area contributed by atoms with E-state index in [0.717, 1.165) is 51.4 Å². The lowest BCUT2D eigenvalue weighted by atomic mass is 9.94. The van der Waals surface area contributed by atoms with E-state index in [2.05, 4.69) is 0 Å². The number of esters is 4. The summed E-state index contributed by atoms with van der Waals surface area (Å²) >= 11 is 0. The van der Waals surface area contributed by atoms with Gasteiger partial charge in [0.05, 0.1) is 104 Å². The van der Waals surface area contributed by atoms with Crippen LogP contribution in [-0.4, -0.2) is 154 Å². The molecule has 0 amide bonds. The number of hydrogen-bond donors (Lipinski definition) is 0. The lowest BCUT2D eigenvalue weighted by molar-refractivity contribution is -0.158. The van der Waals surface area contributed by atoms with Crippen LogP contribution in [-0.2, 0) is 76.0 Å². The fourth-order valence-corrected chi connectivity index (χ4v) is 5.63. The third-order valence-electron chi connectivity index (χ3n) is 8.06. The molecule has 3 fully saturated rings. The Balaban J connectivity index is 1.35. The van der Waals surface area contributed by atoms with Gasteiger partial charge in [0.15, 0.2) is 0 Å². The first kappa shape index (κ1) is 42.0. The molecule has 50 heavy (non-hydrogen) atoms. The maximum atomic E-state index is 11.9. The molecule has 4 atom stereocenters. The minimum absolute atomic E-state index is 0.0107. The number of rotatable bonds is 0. The average molecular weight is 721 g/mol. The monoisotopic (exact) mass is 720 g/mol. The van der Waals surface area contributed by atoms with Crippen LogP contribution in [0.25, 0.3) is 0 Å². The van der Waals surface area contributed by atoms with Crippen molar-refractivity contribution in [1.82, 2.24) is 0 Å². The summed E-state index contributed by atoms with van der Waals surface area (Å²) in [6.07, 6.45) is 6.45. The van der Waals surface area contributed by atoms with E-state index in [4.69, 9.17) is 56.8 Å². The first-order valence-electron chi connectivity index (χ1n) is 17.9. The van der Waals surface area contributed by atoms with E-state index >= 15 is 0 Å². The van der Waals surface area contributed by atoms with Crippen LogP contribution in [0.1, 0.15) is 64.2 Å². The molecule has 0 N–H and O–H groups in total. The molecule has 0 aromatic heterocycles. The Morgan fingerprint density at radius 3 is 0.760 bits per heavy atom. The predicted octanol–water partition coefficient (Wildman–Crippen LogP) is 1.71. The molecule has 16 heteroatoms. The Bertz CT molecular complexity index is 802. The van der Waals surface area contributed by atoms with E-state index in [1.165, 1.54) is 0 Å². The molecule has 2 saturated carbocycles. The Morgan fingerprint density at radius 1 is 0.300 bits per heavy atom. The molecular formula is C34H56O16. The van der Waals surface area contributed by atoms with Gasteiger partial charge < -0.3 is 56.8 Å². The van der Waals surface area contributed by atoms with E-state index in [1.807, 2.05) is 0 Å². The van der Waals surface area contributed by atoms with Gasteiger partial charge in [0.1, 0.15) is 39.3 Å². The van der Waals surface area contributed by atoms with Gasteiger partial charge in [-0.15, -0.1) is 0 Å². The van der Waals surface area contributed by atoms with Crippen LogP contribution >= 0.6 is 0 Å².